The van der Waals surface area contributed by atoms with Crippen molar-refractivity contribution in [1.29, 1.82) is 0 Å². The Kier molecular flexibility index (Phi) is 7.88. The molecule has 0 aliphatic heterocycles. The van der Waals surface area contributed by atoms with Crippen molar-refractivity contribution in [3.05, 3.63) is 16.1 Å². The second-order valence-corrected chi connectivity index (χ2v) is 8.87. The maximum Gasteiger partial charge on any atom is 0.297 e. The topological polar surface area (TPSA) is 62.6 Å². The van der Waals surface area contributed by atoms with Gasteiger partial charge in [0.1, 0.15) is 28.2 Å². The van der Waals surface area contributed by atoms with Crippen LogP contribution in [0.4, 0.5) is 0 Å². The highest BCUT2D eigenvalue weighted by atomic mass is 35.5. The number of aryl methyl sites for hydroxylation is 1. The number of imidazole rings is 1. The van der Waals surface area contributed by atoms with Crippen molar-refractivity contribution in [2.75, 3.05) is 13.2 Å². The molecule has 0 N–H and O–H groups in total. The lowest BCUT2D eigenvalue weighted by atomic mass is 9.95. The van der Waals surface area contributed by atoms with Crippen molar-refractivity contribution in [1.82, 2.24) is 9.55 Å². The zero-order valence-electron chi connectivity index (χ0n) is 18.0. The van der Waals surface area contributed by atoms with Gasteiger partial charge < -0.3 is 19.0 Å². The Morgan fingerprint density at radius 2 is 1.90 bits per heavy atom. The van der Waals surface area contributed by atoms with Gasteiger partial charge in [-0.2, -0.15) is 4.98 Å². The third-order valence-corrected chi connectivity index (χ3v) is 6.27. The Bertz CT molecular complexity index is 891. The van der Waals surface area contributed by atoms with Gasteiger partial charge in [0, 0.05) is 26.1 Å². The SMILES string of the molecule is CCOc1cc2c(nc(OC3CCC(OC[C@H](C)CC(C)=O)CC3)n2C)c(Cl)c1Cl. The molecule has 1 aromatic heterocycles. The van der Waals surface area contributed by atoms with Gasteiger partial charge in [0.05, 0.1) is 23.3 Å². The number of carbonyl (C=O) groups is 1. The molecule has 0 radical (unpaired) electrons. The molecule has 1 fully saturated rings. The van der Waals surface area contributed by atoms with E-state index in [9.17, 15) is 4.79 Å². The van der Waals surface area contributed by atoms with Crippen LogP contribution < -0.4 is 9.47 Å². The van der Waals surface area contributed by atoms with Crippen molar-refractivity contribution < 1.29 is 19.0 Å². The quantitative estimate of drug-likeness (QED) is 0.491. The van der Waals surface area contributed by atoms with Gasteiger partial charge in [-0.15, -0.1) is 0 Å². The molecule has 6 nitrogen and oxygen atoms in total. The standard InChI is InChI=1S/C22H30Cl2N2O4/c1-5-28-18-11-17-21(20(24)19(18)23)25-22(26(17)4)30-16-8-6-15(7-9-16)29-12-13(2)10-14(3)27/h11,13,15-16H,5-10,12H2,1-4H3/t13-,15?,16?/m1/s1. The number of carbonyl (C=O) groups excluding carboxylic acids is 1. The van der Waals surface area contributed by atoms with E-state index in [0.29, 0.717) is 47.0 Å². The van der Waals surface area contributed by atoms with E-state index in [1.54, 1.807) is 6.92 Å². The molecule has 1 atom stereocenters. The van der Waals surface area contributed by atoms with E-state index >= 15 is 0 Å². The number of Topliss-reactive ketones (excluding diaryl/α,β-unsaturated/α-hetero) is 1. The number of ether oxygens (including phenoxy) is 3. The van der Waals surface area contributed by atoms with E-state index in [-0.39, 0.29) is 23.9 Å². The first kappa shape index (κ1) is 23.2. The summed E-state index contributed by atoms with van der Waals surface area (Å²) in [5.74, 6) is 1.01. The molecule has 1 heterocycles. The highest BCUT2D eigenvalue weighted by Gasteiger charge is 2.26. The summed E-state index contributed by atoms with van der Waals surface area (Å²) in [5, 5.41) is 0.743. The molecule has 1 saturated carbocycles. The average molecular weight is 457 g/mol. The third-order valence-electron chi connectivity index (χ3n) is 5.43. The number of ketones is 1. The molecule has 166 valence electrons. The highest BCUT2D eigenvalue weighted by molar-refractivity contribution is 6.45. The maximum absolute atomic E-state index is 11.2. The van der Waals surface area contributed by atoms with E-state index in [2.05, 4.69) is 11.9 Å². The zero-order chi connectivity index (χ0) is 21.8. The first-order valence-electron chi connectivity index (χ1n) is 10.5. The summed E-state index contributed by atoms with van der Waals surface area (Å²) in [5.41, 5.74) is 1.43. The molecule has 1 aliphatic carbocycles. The molecule has 2 aromatic rings. The van der Waals surface area contributed by atoms with Crippen molar-refractivity contribution in [2.24, 2.45) is 13.0 Å². The molecule has 0 amide bonds. The van der Waals surface area contributed by atoms with E-state index in [1.165, 1.54) is 0 Å². The predicted molar refractivity (Wildman–Crippen MR) is 119 cm³/mol. The molecule has 0 unspecified atom stereocenters. The molecular formula is C22H30Cl2N2O4. The monoisotopic (exact) mass is 456 g/mol. The van der Waals surface area contributed by atoms with E-state index in [4.69, 9.17) is 37.4 Å². The first-order chi connectivity index (χ1) is 14.3. The van der Waals surface area contributed by atoms with Gasteiger partial charge in [-0.05, 0) is 45.4 Å². The predicted octanol–water partition coefficient (Wildman–Crippen LogP) is 5.60. The second kappa shape index (κ2) is 10.2. The summed E-state index contributed by atoms with van der Waals surface area (Å²) in [6.45, 7) is 6.70. The lowest BCUT2D eigenvalue weighted by Gasteiger charge is -2.29. The van der Waals surface area contributed by atoms with Crippen LogP contribution in [-0.4, -0.2) is 40.8 Å². The van der Waals surface area contributed by atoms with E-state index < -0.39 is 0 Å². The normalized spacial score (nSPS) is 20.3. The second-order valence-electron chi connectivity index (χ2n) is 8.12. The lowest BCUT2D eigenvalue weighted by molar-refractivity contribution is -0.118. The Morgan fingerprint density at radius 3 is 2.53 bits per heavy atom. The number of halogens is 2. The minimum atomic E-state index is 0.0793. The van der Waals surface area contributed by atoms with E-state index in [0.717, 1.165) is 31.2 Å². The maximum atomic E-state index is 11.2. The van der Waals surface area contributed by atoms with Crippen LogP contribution in [0.3, 0.4) is 0 Å². The van der Waals surface area contributed by atoms with Crippen LogP contribution >= 0.6 is 23.2 Å². The summed E-state index contributed by atoms with van der Waals surface area (Å²) in [6.07, 6.45) is 4.53. The van der Waals surface area contributed by atoms with Gasteiger partial charge >= 0.3 is 0 Å². The Balaban J connectivity index is 1.60. The van der Waals surface area contributed by atoms with Gasteiger partial charge in [0.2, 0.25) is 0 Å². The van der Waals surface area contributed by atoms with Crippen LogP contribution in [-0.2, 0) is 16.6 Å². The largest absolute Gasteiger partial charge is 0.492 e. The lowest BCUT2D eigenvalue weighted by Crippen LogP contribution is -2.30. The number of benzene rings is 1. The average Bonchev–Trinajstić information content (AvgIpc) is 3.01. The number of hydrogen-bond donors (Lipinski definition) is 0. The Morgan fingerprint density at radius 1 is 1.23 bits per heavy atom. The fourth-order valence-corrected chi connectivity index (χ4v) is 4.33. The molecule has 0 spiro atoms. The van der Waals surface area contributed by atoms with Gasteiger partial charge in [0.25, 0.3) is 6.01 Å². The minimum absolute atomic E-state index is 0.0793. The molecule has 8 heteroatoms. The molecule has 1 aliphatic rings. The summed E-state index contributed by atoms with van der Waals surface area (Å²) in [4.78, 5) is 15.8. The van der Waals surface area contributed by atoms with Crippen LogP contribution in [0.5, 0.6) is 11.8 Å². The van der Waals surface area contributed by atoms with Crippen LogP contribution in [0.25, 0.3) is 11.0 Å². The van der Waals surface area contributed by atoms with Gasteiger partial charge in [-0.1, -0.05) is 30.1 Å². The molecule has 0 bridgehead atoms. The first-order valence-corrected chi connectivity index (χ1v) is 11.3. The molecule has 1 aromatic carbocycles. The summed E-state index contributed by atoms with van der Waals surface area (Å²) >= 11 is 12.7. The molecular weight excluding hydrogens is 427 g/mol. The summed E-state index contributed by atoms with van der Waals surface area (Å²) < 4.78 is 19.7. The fourth-order valence-electron chi connectivity index (χ4n) is 3.90. The summed E-state index contributed by atoms with van der Waals surface area (Å²) in [6, 6.07) is 2.37. The fraction of sp³-hybridized carbons (Fsp3) is 0.636. The number of nitrogens with zero attached hydrogens (tertiary/aromatic N) is 2. The van der Waals surface area contributed by atoms with Gasteiger partial charge in [-0.3, -0.25) is 4.57 Å². The van der Waals surface area contributed by atoms with Crippen molar-refractivity contribution in [2.45, 2.75) is 65.1 Å². The molecule has 30 heavy (non-hydrogen) atoms. The van der Waals surface area contributed by atoms with Crippen LogP contribution in [0.15, 0.2) is 6.07 Å². The van der Waals surface area contributed by atoms with Gasteiger partial charge in [0.15, 0.2) is 0 Å². The molecule has 0 saturated heterocycles. The zero-order valence-corrected chi connectivity index (χ0v) is 19.6. The number of rotatable bonds is 9. The number of hydrogen-bond acceptors (Lipinski definition) is 5. The van der Waals surface area contributed by atoms with Crippen LogP contribution in [0, 0.1) is 5.92 Å². The number of fused-ring (bicyclic) bond motifs is 1. The smallest absolute Gasteiger partial charge is 0.297 e. The minimum Gasteiger partial charge on any atom is -0.492 e. The molecule has 3 rings (SSSR count). The van der Waals surface area contributed by atoms with Crippen molar-refractivity contribution in [3.8, 4) is 11.8 Å². The Labute approximate surface area is 187 Å². The van der Waals surface area contributed by atoms with Crippen molar-refractivity contribution in [3.63, 3.8) is 0 Å². The van der Waals surface area contributed by atoms with Crippen molar-refractivity contribution >= 4 is 40.0 Å². The number of aromatic nitrogens is 2. The van der Waals surface area contributed by atoms with Crippen LogP contribution in [0.1, 0.15) is 52.9 Å². The Hall–Kier alpha value is -1.50. The van der Waals surface area contributed by atoms with Crippen LogP contribution in [0.2, 0.25) is 10.0 Å². The van der Waals surface area contributed by atoms with Gasteiger partial charge in [-0.25, -0.2) is 0 Å². The van der Waals surface area contributed by atoms with E-state index in [1.807, 2.05) is 24.6 Å². The third kappa shape index (κ3) is 5.40. The summed E-state index contributed by atoms with van der Waals surface area (Å²) in [7, 11) is 1.90. The highest BCUT2D eigenvalue weighted by Crippen LogP contribution is 2.40.